The quantitative estimate of drug-likeness (QED) is 0.758. The van der Waals surface area contributed by atoms with Crippen LogP contribution in [0.3, 0.4) is 0 Å². The summed E-state index contributed by atoms with van der Waals surface area (Å²) in [6.07, 6.45) is 6.07. The smallest absolute Gasteiger partial charge is 0.340 e. The Hall–Kier alpha value is -2.31. The average Bonchev–Trinajstić information content (AvgIpc) is 3.29. The molecule has 1 aliphatic heterocycles. The van der Waals surface area contributed by atoms with E-state index < -0.39 is 5.97 Å². The number of piperidine rings is 1. The number of likely N-dealkylation sites (tertiary alicyclic amines) is 1. The maximum absolute atomic E-state index is 13.1. The third kappa shape index (κ3) is 4.23. The van der Waals surface area contributed by atoms with Crippen molar-refractivity contribution < 1.29 is 19.1 Å². The lowest BCUT2D eigenvalue weighted by Crippen LogP contribution is -2.47. The molecule has 28 heavy (non-hydrogen) atoms. The first kappa shape index (κ1) is 20.4. The van der Waals surface area contributed by atoms with E-state index in [1.54, 1.807) is 25.7 Å². The minimum absolute atomic E-state index is 0.0657. The van der Waals surface area contributed by atoms with Gasteiger partial charge in [-0.25, -0.2) is 4.79 Å². The van der Waals surface area contributed by atoms with Gasteiger partial charge in [0.05, 0.1) is 18.1 Å². The van der Waals surface area contributed by atoms with Crippen molar-refractivity contribution in [1.82, 2.24) is 15.2 Å². The van der Waals surface area contributed by atoms with Crippen LogP contribution in [0.25, 0.3) is 0 Å². The standard InChI is InChI=1S/C21H31N3O4/c1-4-28-21(27)17-13(2)18(22-14(17)3)20(26)24-11-7-8-15(12-24)19(25)23-16-9-5-6-10-16/h15-16,22H,4-12H2,1-3H3,(H,23,25)/t15-/m0/s1. The van der Waals surface area contributed by atoms with Gasteiger partial charge in [0.25, 0.3) is 5.91 Å². The number of esters is 1. The highest BCUT2D eigenvalue weighted by atomic mass is 16.5. The first-order chi connectivity index (χ1) is 13.4. The summed E-state index contributed by atoms with van der Waals surface area (Å²) in [7, 11) is 0. The summed E-state index contributed by atoms with van der Waals surface area (Å²) in [5.74, 6) is -0.676. The van der Waals surface area contributed by atoms with Crippen LogP contribution in [0.2, 0.25) is 0 Å². The molecule has 2 N–H and O–H groups in total. The number of nitrogens with one attached hydrogen (secondary N) is 2. The third-order valence-electron chi connectivity index (χ3n) is 5.91. The van der Waals surface area contributed by atoms with Gasteiger partial charge in [-0.1, -0.05) is 12.8 Å². The lowest BCUT2D eigenvalue weighted by Gasteiger charge is -2.32. The highest BCUT2D eigenvalue weighted by Gasteiger charge is 2.32. The van der Waals surface area contributed by atoms with E-state index in [2.05, 4.69) is 10.3 Å². The molecule has 7 heteroatoms. The van der Waals surface area contributed by atoms with Gasteiger partial charge in [-0.3, -0.25) is 9.59 Å². The first-order valence-corrected chi connectivity index (χ1v) is 10.4. The molecule has 1 saturated heterocycles. The van der Waals surface area contributed by atoms with Gasteiger partial charge in [0, 0.05) is 24.8 Å². The van der Waals surface area contributed by atoms with Crippen LogP contribution in [0.4, 0.5) is 0 Å². The number of hydrogen-bond donors (Lipinski definition) is 2. The number of hydrogen-bond acceptors (Lipinski definition) is 4. The molecule has 1 atom stereocenters. The van der Waals surface area contributed by atoms with Crippen molar-refractivity contribution in [2.75, 3.05) is 19.7 Å². The molecule has 0 spiro atoms. The maximum Gasteiger partial charge on any atom is 0.340 e. The summed E-state index contributed by atoms with van der Waals surface area (Å²) < 4.78 is 5.10. The van der Waals surface area contributed by atoms with Gasteiger partial charge in [0.15, 0.2) is 0 Å². The Bertz CT molecular complexity index is 749. The van der Waals surface area contributed by atoms with Crippen LogP contribution in [-0.2, 0) is 9.53 Å². The maximum atomic E-state index is 13.1. The lowest BCUT2D eigenvalue weighted by atomic mass is 9.96. The minimum Gasteiger partial charge on any atom is -0.462 e. The second kappa shape index (κ2) is 8.80. The fourth-order valence-corrected chi connectivity index (χ4v) is 4.40. The number of nitrogens with zero attached hydrogens (tertiary/aromatic N) is 1. The number of aromatic amines is 1. The highest BCUT2D eigenvalue weighted by molar-refractivity contribution is 6.00. The van der Waals surface area contributed by atoms with Gasteiger partial charge in [-0.05, 0) is 52.0 Å². The second-order valence-corrected chi connectivity index (χ2v) is 7.93. The summed E-state index contributed by atoms with van der Waals surface area (Å²) in [6.45, 7) is 6.62. The molecule has 2 aliphatic rings. The summed E-state index contributed by atoms with van der Waals surface area (Å²) in [6, 6.07) is 0.291. The Morgan fingerprint density at radius 1 is 1.14 bits per heavy atom. The van der Waals surface area contributed by atoms with Gasteiger partial charge in [0.1, 0.15) is 5.69 Å². The molecule has 1 aromatic heterocycles. The molecule has 2 fully saturated rings. The zero-order valence-electron chi connectivity index (χ0n) is 17.1. The van der Waals surface area contributed by atoms with Crippen LogP contribution >= 0.6 is 0 Å². The Labute approximate surface area is 166 Å². The summed E-state index contributed by atoms with van der Waals surface area (Å²) >= 11 is 0. The second-order valence-electron chi connectivity index (χ2n) is 7.93. The normalized spacial score (nSPS) is 20.2. The molecular formula is C21H31N3O4. The number of rotatable bonds is 5. The Kier molecular flexibility index (Phi) is 6.42. The Morgan fingerprint density at radius 3 is 2.54 bits per heavy atom. The zero-order valence-corrected chi connectivity index (χ0v) is 17.1. The topological polar surface area (TPSA) is 91.5 Å². The molecule has 0 unspecified atom stereocenters. The van der Waals surface area contributed by atoms with Gasteiger partial charge < -0.3 is 19.9 Å². The molecule has 2 amide bonds. The van der Waals surface area contributed by atoms with Gasteiger partial charge >= 0.3 is 5.97 Å². The fraction of sp³-hybridized carbons (Fsp3) is 0.667. The highest BCUT2D eigenvalue weighted by Crippen LogP contribution is 2.25. The van der Waals surface area contributed by atoms with Crippen LogP contribution in [0, 0.1) is 19.8 Å². The Balaban J connectivity index is 1.69. The number of carbonyl (C=O) groups is 3. The van der Waals surface area contributed by atoms with E-state index in [0.717, 1.165) is 25.7 Å². The van der Waals surface area contributed by atoms with Crippen LogP contribution in [0.5, 0.6) is 0 Å². The van der Waals surface area contributed by atoms with Crippen molar-refractivity contribution in [1.29, 1.82) is 0 Å². The number of aromatic nitrogens is 1. The van der Waals surface area contributed by atoms with Crippen molar-refractivity contribution in [2.45, 2.75) is 65.3 Å². The van der Waals surface area contributed by atoms with Crippen molar-refractivity contribution >= 4 is 17.8 Å². The zero-order chi connectivity index (χ0) is 20.3. The number of aryl methyl sites for hydroxylation is 1. The van der Waals surface area contributed by atoms with Crippen LogP contribution in [-0.4, -0.2) is 53.4 Å². The van der Waals surface area contributed by atoms with E-state index in [1.807, 2.05) is 0 Å². The first-order valence-electron chi connectivity index (χ1n) is 10.4. The summed E-state index contributed by atoms with van der Waals surface area (Å²) in [5.41, 5.74) is 2.08. The summed E-state index contributed by atoms with van der Waals surface area (Å²) in [4.78, 5) is 42.7. The average molecular weight is 389 g/mol. The van der Waals surface area contributed by atoms with Gasteiger partial charge in [-0.15, -0.1) is 0 Å². The van der Waals surface area contributed by atoms with E-state index in [1.165, 1.54) is 12.8 Å². The molecule has 2 heterocycles. The number of amides is 2. The summed E-state index contributed by atoms with van der Waals surface area (Å²) in [5, 5.41) is 3.16. The van der Waals surface area contributed by atoms with E-state index in [9.17, 15) is 14.4 Å². The van der Waals surface area contributed by atoms with E-state index in [4.69, 9.17) is 4.74 Å². The predicted molar refractivity (Wildman–Crippen MR) is 105 cm³/mol. The number of H-pyrrole nitrogens is 1. The fourth-order valence-electron chi connectivity index (χ4n) is 4.40. The Morgan fingerprint density at radius 2 is 1.86 bits per heavy atom. The van der Waals surface area contributed by atoms with Crippen LogP contribution < -0.4 is 5.32 Å². The van der Waals surface area contributed by atoms with Crippen LogP contribution in [0.1, 0.15) is 77.6 Å². The van der Waals surface area contributed by atoms with Crippen molar-refractivity contribution in [3.05, 3.63) is 22.5 Å². The molecule has 7 nitrogen and oxygen atoms in total. The molecule has 1 aliphatic carbocycles. The van der Waals surface area contributed by atoms with Crippen molar-refractivity contribution in [3.8, 4) is 0 Å². The third-order valence-corrected chi connectivity index (χ3v) is 5.91. The number of carbonyl (C=O) groups excluding carboxylic acids is 3. The number of ether oxygens (including phenoxy) is 1. The molecule has 3 rings (SSSR count). The molecule has 1 aromatic rings. The van der Waals surface area contributed by atoms with E-state index >= 15 is 0 Å². The monoisotopic (exact) mass is 389 g/mol. The van der Waals surface area contributed by atoms with E-state index in [-0.39, 0.29) is 24.3 Å². The molecule has 154 valence electrons. The van der Waals surface area contributed by atoms with Gasteiger partial charge in [-0.2, -0.15) is 0 Å². The van der Waals surface area contributed by atoms with E-state index in [0.29, 0.717) is 41.6 Å². The van der Waals surface area contributed by atoms with Crippen molar-refractivity contribution in [3.63, 3.8) is 0 Å². The molecule has 0 radical (unpaired) electrons. The SMILES string of the molecule is CCOC(=O)c1c(C)[nH]c(C(=O)N2CCC[C@H](C(=O)NC3CCCC3)C2)c1C. The minimum atomic E-state index is -0.416. The molecule has 0 aromatic carbocycles. The lowest BCUT2D eigenvalue weighted by molar-refractivity contribution is -0.127. The predicted octanol–water partition coefficient (Wildman–Crippen LogP) is 2.72. The molecular weight excluding hydrogens is 358 g/mol. The molecule has 0 bridgehead atoms. The largest absolute Gasteiger partial charge is 0.462 e. The molecule has 1 saturated carbocycles. The van der Waals surface area contributed by atoms with Crippen molar-refractivity contribution in [2.24, 2.45) is 5.92 Å². The van der Waals surface area contributed by atoms with Gasteiger partial charge in [0.2, 0.25) is 5.91 Å². The van der Waals surface area contributed by atoms with Crippen LogP contribution in [0.15, 0.2) is 0 Å².